The van der Waals surface area contributed by atoms with E-state index in [0.717, 1.165) is 24.1 Å². The van der Waals surface area contributed by atoms with E-state index in [1.165, 1.54) is 33.7 Å². The molecule has 0 saturated carbocycles. The van der Waals surface area contributed by atoms with Crippen molar-refractivity contribution in [2.75, 3.05) is 4.90 Å². The SMILES string of the molecule is C#Cc1cccc2c1N1C(C)=CCC(=C(C)C)C1=C(C=C)C2. The Morgan fingerprint density at radius 2 is 2.14 bits per heavy atom. The summed E-state index contributed by atoms with van der Waals surface area (Å²) < 4.78 is 0. The van der Waals surface area contributed by atoms with Crippen molar-refractivity contribution < 1.29 is 0 Å². The number of terminal acetylenes is 1. The van der Waals surface area contributed by atoms with Crippen LogP contribution in [-0.2, 0) is 6.42 Å². The van der Waals surface area contributed by atoms with Gasteiger partial charge in [-0.25, -0.2) is 0 Å². The molecule has 2 aliphatic rings. The molecule has 0 aliphatic carbocycles. The van der Waals surface area contributed by atoms with Crippen molar-refractivity contribution in [3.05, 3.63) is 76.2 Å². The number of benzene rings is 1. The van der Waals surface area contributed by atoms with E-state index in [2.05, 4.69) is 50.3 Å². The molecule has 1 heteroatoms. The van der Waals surface area contributed by atoms with Crippen LogP contribution in [0.15, 0.2) is 65.0 Å². The van der Waals surface area contributed by atoms with Crippen LogP contribution >= 0.6 is 0 Å². The summed E-state index contributed by atoms with van der Waals surface area (Å²) in [6, 6.07) is 6.24. The Morgan fingerprint density at radius 1 is 1.36 bits per heavy atom. The van der Waals surface area contributed by atoms with Gasteiger partial charge in [-0.2, -0.15) is 0 Å². The van der Waals surface area contributed by atoms with Crippen LogP contribution in [0.2, 0.25) is 0 Å². The van der Waals surface area contributed by atoms with Crippen LogP contribution < -0.4 is 4.90 Å². The molecule has 2 heterocycles. The second-order valence-corrected chi connectivity index (χ2v) is 6.08. The van der Waals surface area contributed by atoms with Gasteiger partial charge in [0.05, 0.1) is 11.4 Å². The number of hydrogen-bond acceptors (Lipinski definition) is 1. The molecule has 1 aromatic carbocycles. The van der Waals surface area contributed by atoms with Gasteiger partial charge in [0.2, 0.25) is 0 Å². The number of rotatable bonds is 1. The summed E-state index contributed by atoms with van der Waals surface area (Å²) in [5.74, 6) is 2.85. The predicted molar refractivity (Wildman–Crippen MR) is 94.5 cm³/mol. The maximum Gasteiger partial charge on any atom is 0.0650 e. The van der Waals surface area contributed by atoms with Gasteiger partial charge in [0, 0.05) is 17.7 Å². The van der Waals surface area contributed by atoms with Gasteiger partial charge in [-0.3, -0.25) is 0 Å². The van der Waals surface area contributed by atoms with Gasteiger partial charge < -0.3 is 4.90 Å². The molecule has 0 bridgehead atoms. The lowest BCUT2D eigenvalue weighted by atomic mass is 9.86. The van der Waals surface area contributed by atoms with Crippen LogP contribution in [0.4, 0.5) is 5.69 Å². The van der Waals surface area contributed by atoms with E-state index in [0.29, 0.717) is 0 Å². The minimum absolute atomic E-state index is 0.893. The lowest BCUT2D eigenvalue weighted by Crippen LogP contribution is -2.31. The molecule has 110 valence electrons. The summed E-state index contributed by atoms with van der Waals surface area (Å²) in [5.41, 5.74) is 9.94. The molecule has 0 aromatic heterocycles. The molecule has 22 heavy (non-hydrogen) atoms. The molecule has 0 N–H and O–H groups in total. The van der Waals surface area contributed by atoms with Gasteiger partial charge in [-0.15, -0.1) is 6.42 Å². The lowest BCUT2D eigenvalue weighted by molar-refractivity contribution is 0.903. The number of nitrogens with zero attached hydrogens (tertiary/aromatic N) is 1. The first-order valence-electron chi connectivity index (χ1n) is 7.66. The van der Waals surface area contributed by atoms with Crippen molar-refractivity contribution in [3.63, 3.8) is 0 Å². The minimum Gasteiger partial charge on any atom is -0.313 e. The molecular weight excluding hydrogens is 266 g/mol. The third-order valence-corrected chi connectivity index (χ3v) is 4.50. The Hall–Kier alpha value is -2.46. The standard InChI is InChI=1S/C21H21N/c1-6-16-9-8-10-18-13-17(7-2)21-19(14(3)4)12-11-15(5)22(21)20(16)18/h1,7-11H,2,12-13H2,3-5H3. The van der Waals surface area contributed by atoms with E-state index in [1.54, 1.807) is 0 Å². The Balaban J connectivity index is 2.36. The highest BCUT2D eigenvalue weighted by Crippen LogP contribution is 2.44. The van der Waals surface area contributed by atoms with E-state index in [1.807, 2.05) is 18.2 Å². The second kappa shape index (κ2) is 5.39. The minimum atomic E-state index is 0.893. The molecule has 0 saturated heterocycles. The second-order valence-electron chi connectivity index (χ2n) is 6.08. The highest BCUT2D eigenvalue weighted by molar-refractivity contribution is 5.78. The van der Waals surface area contributed by atoms with Gasteiger partial charge in [0.25, 0.3) is 0 Å². The highest BCUT2D eigenvalue weighted by Gasteiger charge is 2.31. The average molecular weight is 287 g/mol. The van der Waals surface area contributed by atoms with Crippen LogP contribution in [0, 0.1) is 12.3 Å². The Kier molecular flexibility index (Phi) is 3.54. The number of para-hydroxylation sites is 1. The molecule has 0 amide bonds. The zero-order valence-electron chi connectivity index (χ0n) is 13.5. The monoisotopic (exact) mass is 287 g/mol. The molecule has 0 spiro atoms. The maximum absolute atomic E-state index is 5.76. The molecule has 0 radical (unpaired) electrons. The molecule has 1 nitrogen and oxygen atoms in total. The van der Waals surface area contributed by atoms with Crippen molar-refractivity contribution in [3.8, 4) is 12.3 Å². The molecule has 3 rings (SSSR count). The van der Waals surface area contributed by atoms with Crippen LogP contribution in [0.3, 0.4) is 0 Å². The van der Waals surface area contributed by atoms with E-state index in [4.69, 9.17) is 6.42 Å². The first-order valence-corrected chi connectivity index (χ1v) is 7.66. The summed E-state index contributed by atoms with van der Waals surface area (Å²) in [6.07, 6.45) is 11.9. The van der Waals surface area contributed by atoms with E-state index in [-0.39, 0.29) is 0 Å². The smallest absolute Gasteiger partial charge is 0.0650 e. The summed E-state index contributed by atoms with van der Waals surface area (Å²) in [4.78, 5) is 2.33. The van der Waals surface area contributed by atoms with E-state index >= 15 is 0 Å². The highest BCUT2D eigenvalue weighted by atomic mass is 15.2. The summed E-state index contributed by atoms with van der Waals surface area (Å²) in [5, 5.41) is 0. The molecule has 0 atom stereocenters. The van der Waals surface area contributed by atoms with Crippen molar-refractivity contribution in [2.45, 2.75) is 33.6 Å². The fourth-order valence-electron chi connectivity index (χ4n) is 3.39. The number of anilines is 1. The Labute approximate surface area is 133 Å². The Morgan fingerprint density at radius 3 is 2.77 bits per heavy atom. The van der Waals surface area contributed by atoms with Crippen LogP contribution in [0.25, 0.3) is 0 Å². The summed E-state index contributed by atoms with van der Waals surface area (Å²) in [7, 11) is 0. The average Bonchev–Trinajstić information content (AvgIpc) is 2.53. The number of hydrogen-bond donors (Lipinski definition) is 0. The predicted octanol–water partition coefficient (Wildman–Crippen LogP) is 5.11. The quantitative estimate of drug-likeness (QED) is 0.648. The van der Waals surface area contributed by atoms with E-state index in [9.17, 15) is 0 Å². The van der Waals surface area contributed by atoms with Gasteiger partial charge >= 0.3 is 0 Å². The van der Waals surface area contributed by atoms with Crippen LogP contribution in [-0.4, -0.2) is 0 Å². The van der Waals surface area contributed by atoms with Gasteiger partial charge in [-0.1, -0.05) is 42.4 Å². The summed E-state index contributed by atoms with van der Waals surface area (Å²) in [6.45, 7) is 10.6. The van der Waals surface area contributed by atoms with Crippen molar-refractivity contribution in [1.29, 1.82) is 0 Å². The maximum atomic E-state index is 5.76. The third kappa shape index (κ3) is 2.04. The first-order chi connectivity index (χ1) is 10.6. The number of allylic oxidation sites excluding steroid dienone is 6. The molecular formula is C21H21N. The molecule has 0 fully saturated rings. The third-order valence-electron chi connectivity index (χ3n) is 4.50. The van der Waals surface area contributed by atoms with Crippen molar-refractivity contribution in [2.24, 2.45) is 0 Å². The fraction of sp³-hybridized carbons (Fsp3) is 0.238. The van der Waals surface area contributed by atoms with Gasteiger partial charge in [-0.05, 0) is 50.0 Å². The normalized spacial score (nSPS) is 16.5. The zero-order valence-corrected chi connectivity index (χ0v) is 13.5. The fourth-order valence-corrected chi connectivity index (χ4v) is 3.39. The zero-order chi connectivity index (χ0) is 15.9. The van der Waals surface area contributed by atoms with Crippen molar-refractivity contribution >= 4 is 5.69 Å². The van der Waals surface area contributed by atoms with Crippen LogP contribution in [0.1, 0.15) is 38.3 Å². The lowest BCUT2D eigenvalue weighted by Gasteiger charge is -2.40. The van der Waals surface area contributed by atoms with Gasteiger partial charge in [0.15, 0.2) is 0 Å². The largest absolute Gasteiger partial charge is 0.313 e. The molecule has 0 unspecified atom stereocenters. The van der Waals surface area contributed by atoms with Gasteiger partial charge in [0.1, 0.15) is 0 Å². The summed E-state index contributed by atoms with van der Waals surface area (Å²) >= 11 is 0. The van der Waals surface area contributed by atoms with Crippen molar-refractivity contribution in [1.82, 2.24) is 0 Å². The topological polar surface area (TPSA) is 3.24 Å². The Bertz CT molecular complexity index is 790. The number of fused-ring (bicyclic) bond motifs is 3. The first kappa shape index (κ1) is 14.5. The van der Waals surface area contributed by atoms with E-state index < -0.39 is 0 Å². The van der Waals surface area contributed by atoms with Crippen LogP contribution in [0.5, 0.6) is 0 Å². The molecule has 2 aliphatic heterocycles. The molecule has 1 aromatic rings.